The number of hydrogen-bond donors (Lipinski definition) is 1. The van der Waals surface area contributed by atoms with E-state index in [0.717, 1.165) is 26.1 Å². The van der Waals surface area contributed by atoms with Crippen molar-refractivity contribution in [1.29, 1.82) is 5.26 Å². The summed E-state index contributed by atoms with van der Waals surface area (Å²) in [5, 5.41) is 11.6. The first kappa shape index (κ1) is 12.5. The Balaban J connectivity index is 1.89. The Labute approximate surface area is 106 Å². The maximum atomic E-state index is 11.8. The molecule has 1 N–H and O–H groups in total. The van der Waals surface area contributed by atoms with E-state index in [1.54, 1.807) is 18.2 Å². The molecule has 5 nitrogen and oxygen atoms in total. The minimum Gasteiger partial charge on any atom is -0.381 e. The number of carbonyl (C=O) groups excluding carboxylic acids is 1. The maximum Gasteiger partial charge on any atom is 0.269 e. The van der Waals surface area contributed by atoms with Crippen LogP contribution >= 0.6 is 0 Å². The van der Waals surface area contributed by atoms with Gasteiger partial charge in [-0.25, -0.2) is 4.98 Å². The molecule has 18 heavy (non-hydrogen) atoms. The maximum absolute atomic E-state index is 11.8. The molecule has 0 bridgehead atoms. The molecular weight excluding hydrogens is 230 g/mol. The normalized spacial score (nSPS) is 15.9. The predicted molar refractivity (Wildman–Crippen MR) is 64.8 cm³/mol. The smallest absolute Gasteiger partial charge is 0.269 e. The van der Waals surface area contributed by atoms with Gasteiger partial charge in [0.15, 0.2) is 0 Å². The first-order valence-electron chi connectivity index (χ1n) is 6.02. The van der Waals surface area contributed by atoms with E-state index in [2.05, 4.69) is 10.3 Å². The average Bonchev–Trinajstić information content (AvgIpc) is 2.46. The number of nitriles is 1. The molecule has 0 saturated carbocycles. The minimum absolute atomic E-state index is 0.224. The highest BCUT2D eigenvalue weighted by atomic mass is 16.5. The van der Waals surface area contributed by atoms with Gasteiger partial charge in [0, 0.05) is 19.8 Å². The van der Waals surface area contributed by atoms with Gasteiger partial charge in [-0.2, -0.15) is 5.26 Å². The highest BCUT2D eigenvalue weighted by Crippen LogP contribution is 2.13. The number of rotatable bonds is 3. The van der Waals surface area contributed by atoms with Gasteiger partial charge in [0.2, 0.25) is 0 Å². The summed E-state index contributed by atoms with van der Waals surface area (Å²) in [5.41, 5.74) is 0.551. The van der Waals surface area contributed by atoms with Gasteiger partial charge in [-0.3, -0.25) is 4.79 Å². The van der Waals surface area contributed by atoms with Crippen molar-refractivity contribution in [3.8, 4) is 6.07 Å². The highest BCUT2D eigenvalue weighted by molar-refractivity contribution is 5.92. The lowest BCUT2D eigenvalue weighted by Gasteiger charge is -2.22. The summed E-state index contributed by atoms with van der Waals surface area (Å²) in [6.45, 7) is 2.17. The standard InChI is InChI=1S/C13H15N3O2/c14-8-11-2-1-3-12(16-11)13(17)15-9-10-4-6-18-7-5-10/h1-3,10H,4-7,9H2,(H,15,17). The van der Waals surface area contributed by atoms with Gasteiger partial charge < -0.3 is 10.1 Å². The van der Waals surface area contributed by atoms with Crippen molar-refractivity contribution in [1.82, 2.24) is 10.3 Å². The van der Waals surface area contributed by atoms with E-state index in [1.165, 1.54) is 0 Å². The van der Waals surface area contributed by atoms with Crippen molar-refractivity contribution < 1.29 is 9.53 Å². The Kier molecular flexibility index (Phi) is 4.26. The van der Waals surface area contributed by atoms with Crippen LogP contribution in [-0.4, -0.2) is 30.6 Å². The zero-order chi connectivity index (χ0) is 12.8. The number of carbonyl (C=O) groups is 1. The van der Waals surface area contributed by atoms with Gasteiger partial charge in [-0.15, -0.1) is 0 Å². The van der Waals surface area contributed by atoms with Crippen molar-refractivity contribution >= 4 is 5.91 Å². The molecule has 0 aliphatic carbocycles. The van der Waals surface area contributed by atoms with Crippen LogP contribution in [-0.2, 0) is 4.74 Å². The fourth-order valence-corrected chi connectivity index (χ4v) is 1.90. The summed E-state index contributed by atoms with van der Waals surface area (Å²) in [7, 11) is 0. The summed E-state index contributed by atoms with van der Waals surface area (Å²) < 4.78 is 5.26. The lowest BCUT2D eigenvalue weighted by Crippen LogP contribution is -2.32. The van der Waals surface area contributed by atoms with E-state index in [0.29, 0.717) is 18.2 Å². The molecule has 1 aliphatic rings. The van der Waals surface area contributed by atoms with Crippen molar-refractivity contribution in [2.45, 2.75) is 12.8 Å². The number of aromatic nitrogens is 1. The van der Waals surface area contributed by atoms with Gasteiger partial charge in [0.05, 0.1) is 0 Å². The van der Waals surface area contributed by atoms with Crippen molar-refractivity contribution in [3.63, 3.8) is 0 Å². The molecule has 1 amide bonds. The van der Waals surface area contributed by atoms with Crippen LogP contribution in [0, 0.1) is 17.2 Å². The zero-order valence-electron chi connectivity index (χ0n) is 10.1. The molecule has 1 aromatic heterocycles. The lowest BCUT2D eigenvalue weighted by atomic mass is 10.0. The number of hydrogen-bond acceptors (Lipinski definition) is 4. The molecule has 1 aliphatic heterocycles. The molecule has 0 radical (unpaired) electrons. The third-order valence-electron chi connectivity index (χ3n) is 2.99. The van der Waals surface area contributed by atoms with Crippen molar-refractivity contribution in [3.05, 3.63) is 29.6 Å². The molecule has 0 spiro atoms. The fourth-order valence-electron chi connectivity index (χ4n) is 1.90. The summed E-state index contributed by atoms with van der Waals surface area (Å²) >= 11 is 0. The summed E-state index contributed by atoms with van der Waals surface area (Å²) in [4.78, 5) is 15.8. The van der Waals surface area contributed by atoms with Crippen molar-refractivity contribution in [2.24, 2.45) is 5.92 Å². The molecule has 2 rings (SSSR count). The van der Waals surface area contributed by atoms with E-state index in [9.17, 15) is 4.79 Å². The van der Waals surface area contributed by atoms with E-state index in [1.807, 2.05) is 6.07 Å². The lowest BCUT2D eigenvalue weighted by molar-refractivity contribution is 0.0642. The summed E-state index contributed by atoms with van der Waals surface area (Å²) in [5.74, 6) is 0.250. The van der Waals surface area contributed by atoms with Crippen LogP contribution in [0.5, 0.6) is 0 Å². The number of pyridine rings is 1. The van der Waals surface area contributed by atoms with Crippen molar-refractivity contribution in [2.75, 3.05) is 19.8 Å². The molecule has 0 aromatic carbocycles. The Morgan fingerprint density at radius 3 is 3.00 bits per heavy atom. The van der Waals surface area contributed by atoms with Crippen LogP contribution < -0.4 is 5.32 Å². The van der Waals surface area contributed by atoms with E-state index < -0.39 is 0 Å². The number of amides is 1. The Hall–Kier alpha value is -1.93. The fraction of sp³-hybridized carbons (Fsp3) is 0.462. The van der Waals surface area contributed by atoms with Gasteiger partial charge in [-0.05, 0) is 30.9 Å². The Morgan fingerprint density at radius 1 is 1.50 bits per heavy atom. The Bertz CT molecular complexity index is 462. The topological polar surface area (TPSA) is 75.0 Å². The van der Waals surface area contributed by atoms with Crippen LogP contribution in [0.1, 0.15) is 29.0 Å². The second-order valence-electron chi connectivity index (χ2n) is 4.29. The molecule has 94 valence electrons. The Morgan fingerprint density at radius 2 is 2.28 bits per heavy atom. The van der Waals surface area contributed by atoms with Crippen LogP contribution in [0.15, 0.2) is 18.2 Å². The van der Waals surface area contributed by atoms with Crippen LogP contribution in [0.3, 0.4) is 0 Å². The molecular formula is C13H15N3O2. The molecule has 0 atom stereocenters. The summed E-state index contributed by atoms with van der Waals surface area (Å²) in [6, 6.07) is 6.77. The third kappa shape index (κ3) is 3.28. The molecule has 1 aromatic rings. The second-order valence-corrected chi connectivity index (χ2v) is 4.29. The summed E-state index contributed by atoms with van der Waals surface area (Å²) in [6.07, 6.45) is 1.96. The number of ether oxygens (including phenoxy) is 1. The minimum atomic E-state index is -0.224. The number of nitrogens with zero attached hydrogens (tertiary/aromatic N) is 2. The highest BCUT2D eigenvalue weighted by Gasteiger charge is 2.15. The van der Waals surface area contributed by atoms with Gasteiger partial charge in [0.25, 0.3) is 5.91 Å². The number of nitrogens with one attached hydrogen (secondary N) is 1. The predicted octanol–water partition coefficient (Wildman–Crippen LogP) is 1.11. The van der Waals surface area contributed by atoms with Crippen LogP contribution in [0.25, 0.3) is 0 Å². The SMILES string of the molecule is N#Cc1cccc(C(=O)NCC2CCOCC2)n1. The quantitative estimate of drug-likeness (QED) is 0.865. The second kappa shape index (κ2) is 6.12. The van der Waals surface area contributed by atoms with Crippen LogP contribution in [0.4, 0.5) is 0 Å². The average molecular weight is 245 g/mol. The van der Waals surface area contributed by atoms with Gasteiger partial charge in [-0.1, -0.05) is 6.07 Å². The largest absolute Gasteiger partial charge is 0.381 e. The first-order chi connectivity index (χ1) is 8.79. The van der Waals surface area contributed by atoms with E-state index in [4.69, 9.17) is 10.00 Å². The van der Waals surface area contributed by atoms with Crippen LogP contribution in [0.2, 0.25) is 0 Å². The van der Waals surface area contributed by atoms with E-state index in [-0.39, 0.29) is 11.6 Å². The first-order valence-corrected chi connectivity index (χ1v) is 6.02. The van der Waals surface area contributed by atoms with E-state index >= 15 is 0 Å². The van der Waals surface area contributed by atoms with Gasteiger partial charge >= 0.3 is 0 Å². The zero-order valence-corrected chi connectivity index (χ0v) is 10.1. The molecule has 1 fully saturated rings. The molecule has 1 saturated heterocycles. The van der Waals surface area contributed by atoms with Gasteiger partial charge in [0.1, 0.15) is 17.5 Å². The molecule has 5 heteroatoms. The molecule has 0 unspecified atom stereocenters. The monoisotopic (exact) mass is 245 g/mol. The third-order valence-corrected chi connectivity index (χ3v) is 2.99. The molecule has 2 heterocycles.